The Balaban J connectivity index is 0.000000534. The number of carbonyl (C=O) groups excluding carboxylic acids is 3. The lowest BCUT2D eigenvalue weighted by Gasteiger charge is -2.20. The Morgan fingerprint density at radius 1 is 0.542 bits per heavy atom. The third-order valence-electron chi connectivity index (χ3n) is 14.5. The van der Waals surface area contributed by atoms with Crippen LogP contribution in [0.3, 0.4) is 0 Å². The summed E-state index contributed by atoms with van der Waals surface area (Å²) in [5.74, 6) is 5.92. The highest BCUT2D eigenvalue weighted by Gasteiger charge is 2.39. The molecule has 0 bridgehead atoms. The largest absolute Gasteiger partial charge is 0.506 e. The second kappa shape index (κ2) is 46.9. The maximum Gasteiger partial charge on any atom is 0.435 e. The van der Waals surface area contributed by atoms with Crippen molar-refractivity contribution in [3.8, 4) is 67.8 Å². The van der Waals surface area contributed by atoms with Crippen LogP contribution in [0.5, 0.6) is 23.0 Å². The highest BCUT2D eigenvalue weighted by molar-refractivity contribution is 6.32. The maximum atomic E-state index is 13.9. The number of ether oxygens (including phenoxy) is 9. The summed E-state index contributed by atoms with van der Waals surface area (Å²) in [5.41, 5.74) is 0.425. The summed E-state index contributed by atoms with van der Waals surface area (Å²) < 4.78 is 215. The predicted octanol–water partition coefficient (Wildman–Crippen LogP) is 12.9. The Morgan fingerprint density at radius 2 is 0.944 bits per heavy atom. The molecule has 107 heavy (non-hydrogen) atoms. The topological polar surface area (TPSA) is 332 Å². The zero-order valence-electron chi connectivity index (χ0n) is 58.7. The number of rotatable bonds is 38. The second-order valence-electron chi connectivity index (χ2n) is 22.3. The van der Waals surface area contributed by atoms with Gasteiger partial charge in [0.05, 0.1) is 123 Å². The van der Waals surface area contributed by atoms with Gasteiger partial charge in [-0.2, -0.15) is 62.9 Å². The van der Waals surface area contributed by atoms with Crippen LogP contribution in [0.25, 0.3) is 44.8 Å². The number of carbonyl (C=O) groups is 3. The number of aliphatic hydroxyl groups is 1. The number of benzene rings is 5. The number of nitrogens with zero attached hydrogens (tertiary/aromatic N) is 4. The van der Waals surface area contributed by atoms with E-state index in [2.05, 4.69) is 27.2 Å². The first-order valence-corrected chi connectivity index (χ1v) is 33.5. The average Bonchev–Trinajstić information content (AvgIpc) is 1.28. The van der Waals surface area contributed by atoms with Crippen molar-refractivity contribution >= 4 is 41.4 Å². The van der Waals surface area contributed by atoms with Crippen molar-refractivity contribution in [2.24, 2.45) is 31.5 Å². The minimum absolute atomic E-state index is 0. The molecule has 7 aromatic rings. The highest BCUT2D eigenvalue weighted by atomic mass is 35.5. The number of nitrogens with one attached hydrogen (secondary N) is 1. The van der Waals surface area contributed by atoms with E-state index in [9.17, 15) is 72.2 Å². The van der Waals surface area contributed by atoms with Gasteiger partial charge in [0.15, 0.2) is 23.4 Å². The van der Waals surface area contributed by atoms with Crippen molar-refractivity contribution in [1.29, 1.82) is 0 Å². The van der Waals surface area contributed by atoms with Gasteiger partial charge in [-0.25, -0.2) is 0 Å². The number of aromatic nitrogens is 4. The highest BCUT2D eigenvalue weighted by Crippen LogP contribution is 2.50. The third-order valence-corrected chi connectivity index (χ3v) is 15.2. The van der Waals surface area contributed by atoms with Crippen LogP contribution >= 0.6 is 23.2 Å². The molecular weight excluding hydrogens is 1490 g/mol. The van der Waals surface area contributed by atoms with Crippen molar-refractivity contribution in [3.63, 3.8) is 0 Å². The molecule has 0 radical (unpaired) electrons. The average molecular weight is 1580 g/mol. The van der Waals surface area contributed by atoms with Crippen LogP contribution in [0.2, 0.25) is 10.0 Å². The van der Waals surface area contributed by atoms with Gasteiger partial charge in [0, 0.05) is 76.2 Å². The maximum absolute atomic E-state index is 13.9. The summed E-state index contributed by atoms with van der Waals surface area (Å²) in [7, 11) is 2.51. The van der Waals surface area contributed by atoms with E-state index >= 15 is 0 Å². The molecule has 0 fully saturated rings. The third kappa shape index (κ3) is 30.4. The van der Waals surface area contributed by atoms with Crippen molar-refractivity contribution in [3.05, 3.63) is 141 Å². The van der Waals surface area contributed by atoms with Crippen LogP contribution in [0.15, 0.2) is 97.1 Å². The summed E-state index contributed by atoms with van der Waals surface area (Å²) in [4.78, 5) is 35.6. The van der Waals surface area contributed by atoms with Gasteiger partial charge in [-0.15, -0.1) is 0 Å². The molecule has 7 rings (SSSR count). The smallest absolute Gasteiger partial charge is 0.435 e. The van der Waals surface area contributed by atoms with Gasteiger partial charge in [-0.05, 0) is 123 Å². The summed E-state index contributed by atoms with van der Waals surface area (Å²) in [6.07, 6.45) is -14.8. The molecule has 11 N–H and O–H groups in total. The number of nitrogens with two attached hydrogens (primary N) is 3. The Morgan fingerprint density at radius 3 is 1.37 bits per heavy atom. The van der Waals surface area contributed by atoms with E-state index in [0.29, 0.717) is 135 Å². The lowest BCUT2D eigenvalue weighted by atomic mass is 9.96. The molecule has 2 aromatic heterocycles. The molecule has 2 heterocycles. The van der Waals surface area contributed by atoms with Gasteiger partial charge in [0.25, 0.3) is 5.91 Å². The number of aromatic hydroxyl groups is 1. The van der Waals surface area contributed by atoms with Crippen LogP contribution in [-0.4, -0.2) is 166 Å². The first-order valence-electron chi connectivity index (χ1n) is 32.7. The molecule has 0 atom stereocenters. The lowest BCUT2D eigenvalue weighted by Crippen LogP contribution is -2.28. The molecule has 5 aromatic carbocycles. The Labute approximate surface area is 618 Å². The van der Waals surface area contributed by atoms with Gasteiger partial charge in [-0.1, -0.05) is 53.5 Å². The number of aliphatic hydroxyl groups excluding tert-OH is 1. The standard InChI is InChI=1S/C39H40ClF6N3O8.C29H34ClF6N3O5.C2H6O.H4N2.H2O/c1-25(51)57-36-29(32-23-34(39(44,45)46)48-49(32)2)11-13-33(35(36)26-10-12-31(40)30(22-26)38(41,42)43)56-16-7-3-6-15-53-18-20-55-21-19-54-17-14-47-37(52)28-9-5-4-8-27(28)24-50;1-39-23(18-25(38-39)29(34,35)36)20-6-8-24(26(27(20)40)19-5-7-22(30)21(17-19)28(31,32)33)44-11-4-2-3-10-41-13-15-43-16-14-42-12-9-37;1-2-3;1-2;/h4-5,8-13,22-24H,3,6-7,14-21H2,1-2H3,(H,47,52);5-8,17-18,40H,2-4,9-16,37H2,1H3;3H,2H2,1H3;1-2H2;1H2. The number of aldehydes is 1. The van der Waals surface area contributed by atoms with Gasteiger partial charge < -0.3 is 69.4 Å². The molecular formula is C70H86Cl2F12N8O15. The van der Waals surface area contributed by atoms with E-state index in [4.69, 9.17) is 76.7 Å². The quantitative estimate of drug-likeness (QED) is 0.00398. The molecule has 1 amide bonds. The molecule has 0 saturated heterocycles. The molecule has 0 aliphatic carbocycles. The first kappa shape index (κ1) is 93.0. The summed E-state index contributed by atoms with van der Waals surface area (Å²) in [6.45, 7) is 8.61. The van der Waals surface area contributed by atoms with Gasteiger partial charge in [0.1, 0.15) is 17.2 Å². The van der Waals surface area contributed by atoms with E-state index in [0.717, 1.165) is 52.7 Å². The van der Waals surface area contributed by atoms with E-state index < -0.39 is 69.0 Å². The predicted molar refractivity (Wildman–Crippen MR) is 373 cm³/mol. The molecule has 0 saturated carbocycles. The van der Waals surface area contributed by atoms with Crippen LogP contribution < -0.4 is 36.9 Å². The number of unbranched alkanes of at least 4 members (excludes halogenated alkanes) is 4. The van der Waals surface area contributed by atoms with Gasteiger partial charge >= 0.3 is 30.7 Å². The van der Waals surface area contributed by atoms with Crippen molar-refractivity contribution in [2.75, 3.05) is 112 Å². The number of phenolic OH excluding ortho intramolecular Hbond substituents is 1. The molecule has 0 unspecified atom stereocenters. The Bertz CT molecular complexity index is 3850. The van der Waals surface area contributed by atoms with E-state index in [1.165, 1.54) is 50.5 Å². The molecule has 594 valence electrons. The summed E-state index contributed by atoms with van der Waals surface area (Å²) in [6, 6.07) is 19.5. The van der Waals surface area contributed by atoms with E-state index in [-0.39, 0.29) is 106 Å². The number of hydrazine groups is 1. The van der Waals surface area contributed by atoms with E-state index in [1.54, 1.807) is 31.2 Å². The van der Waals surface area contributed by atoms with E-state index in [1.807, 2.05) is 0 Å². The SMILES string of the molecule is CC(=O)Oc1c(-c2cc(C(F)(F)F)nn2C)ccc(OCCCCCOCCOCCOCCNC(=O)c2ccccc2C=O)c1-c1ccc(Cl)c(C(F)(F)F)c1.CCO.Cn1nc(C(F)(F)F)cc1-c1ccc(OCCCCCOCCOCCOCCN)c(-c2ccc(Cl)c(C(F)(F)F)c2)c1O.NN.O. The number of halogens is 14. The van der Waals surface area contributed by atoms with Gasteiger partial charge in [0.2, 0.25) is 0 Å². The number of amides is 1. The number of phenols is 1. The fourth-order valence-electron chi connectivity index (χ4n) is 9.74. The molecule has 0 spiro atoms. The fraction of sp³-hybridized carbons (Fsp3) is 0.443. The lowest BCUT2D eigenvalue weighted by molar-refractivity contribution is -0.142. The Hall–Kier alpha value is -8.17. The number of esters is 1. The minimum atomic E-state index is -4.85. The number of hydrogen-bond donors (Lipinski definition) is 6. The van der Waals surface area contributed by atoms with Crippen molar-refractivity contribution in [2.45, 2.75) is 77.1 Å². The van der Waals surface area contributed by atoms with Gasteiger partial charge in [-0.3, -0.25) is 35.4 Å². The normalized spacial score (nSPS) is 11.5. The number of alkyl halides is 12. The minimum Gasteiger partial charge on any atom is -0.506 e. The van der Waals surface area contributed by atoms with Crippen LogP contribution in [0, 0.1) is 0 Å². The van der Waals surface area contributed by atoms with Crippen molar-refractivity contribution < 1.29 is 125 Å². The summed E-state index contributed by atoms with van der Waals surface area (Å²) >= 11 is 11.7. The van der Waals surface area contributed by atoms with Crippen molar-refractivity contribution in [1.82, 2.24) is 24.9 Å². The Kier molecular flexibility index (Phi) is 40.8. The second-order valence-corrected chi connectivity index (χ2v) is 23.1. The summed E-state index contributed by atoms with van der Waals surface area (Å²) in [5, 5.41) is 27.3. The zero-order chi connectivity index (χ0) is 78.6. The first-order chi connectivity index (χ1) is 50.4. The van der Waals surface area contributed by atoms with Crippen LogP contribution in [0.1, 0.15) is 95.6 Å². The molecule has 0 aliphatic rings. The van der Waals surface area contributed by atoms with Crippen LogP contribution in [-0.2, 0) is 72.0 Å². The number of hydrogen-bond acceptors (Lipinski definition) is 19. The zero-order valence-corrected chi connectivity index (χ0v) is 60.2. The van der Waals surface area contributed by atoms with Crippen LogP contribution in [0.4, 0.5) is 52.7 Å². The monoisotopic (exact) mass is 1580 g/mol. The number of aryl methyl sites for hydroxylation is 2. The molecule has 0 aliphatic heterocycles. The molecule has 37 heteroatoms. The fourth-order valence-corrected chi connectivity index (χ4v) is 10.2. The molecule has 23 nitrogen and oxygen atoms in total.